The van der Waals surface area contributed by atoms with Gasteiger partial charge in [-0.1, -0.05) is 38.1 Å². The van der Waals surface area contributed by atoms with Gasteiger partial charge in [-0.3, -0.25) is 0 Å². The highest BCUT2D eigenvalue weighted by atomic mass is 16.3. The van der Waals surface area contributed by atoms with E-state index in [0.717, 1.165) is 24.1 Å². The number of hydrogen-bond acceptors (Lipinski definition) is 2. The van der Waals surface area contributed by atoms with E-state index in [9.17, 15) is 5.11 Å². The molecule has 21 heavy (non-hydrogen) atoms. The molecule has 2 nitrogen and oxygen atoms in total. The molecule has 2 aromatic rings. The molecule has 0 spiro atoms. The molecule has 0 saturated heterocycles. The summed E-state index contributed by atoms with van der Waals surface area (Å²) in [6.45, 7) is 6.54. The fourth-order valence-electron chi connectivity index (χ4n) is 2.64. The highest BCUT2D eigenvalue weighted by molar-refractivity contribution is 5.39. The molecule has 112 valence electrons. The number of phenolic OH excluding ortho intramolecular Hbond substituents is 1. The Kier molecular flexibility index (Phi) is 4.89. The lowest BCUT2D eigenvalue weighted by Crippen LogP contribution is -2.13. The molecule has 0 aliphatic carbocycles. The van der Waals surface area contributed by atoms with Crippen LogP contribution in [0.1, 0.15) is 30.5 Å². The van der Waals surface area contributed by atoms with Gasteiger partial charge in [-0.05, 0) is 66.5 Å². The van der Waals surface area contributed by atoms with Crippen molar-refractivity contribution in [1.82, 2.24) is 0 Å². The van der Waals surface area contributed by atoms with Crippen LogP contribution in [0, 0.1) is 18.8 Å². The van der Waals surface area contributed by atoms with E-state index >= 15 is 0 Å². The Hall–Kier alpha value is -1.96. The first-order chi connectivity index (χ1) is 9.95. The molecule has 0 fully saturated rings. The topological polar surface area (TPSA) is 46.2 Å². The zero-order valence-electron chi connectivity index (χ0n) is 13.1. The number of rotatable bonds is 5. The van der Waals surface area contributed by atoms with Crippen LogP contribution in [0.3, 0.4) is 0 Å². The van der Waals surface area contributed by atoms with Gasteiger partial charge in [0.05, 0.1) is 0 Å². The number of nitrogens with two attached hydrogens (primary N) is 1. The second-order valence-electron chi connectivity index (χ2n) is 6.23. The highest BCUT2D eigenvalue weighted by Gasteiger charge is 2.14. The van der Waals surface area contributed by atoms with Crippen LogP contribution < -0.4 is 5.73 Å². The molecule has 0 saturated carbocycles. The fraction of sp³-hybridized carbons (Fsp3) is 0.368. The standard InChI is InChI=1S/C19H25NO/c1-13(10-16-4-7-18(20)8-5-16)14(2)11-17-6-9-19(21)15(3)12-17/h4-9,12-14,21H,10-11,20H2,1-3H3. The lowest BCUT2D eigenvalue weighted by molar-refractivity contribution is 0.383. The van der Waals surface area contributed by atoms with Gasteiger partial charge >= 0.3 is 0 Å². The first-order valence-corrected chi connectivity index (χ1v) is 7.58. The number of anilines is 1. The third-order valence-electron chi connectivity index (χ3n) is 4.33. The van der Waals surface area contributed by atoms with E-state index in [2.05, 4.69) is 32.0 Å². The summed E-state index contributed by atoms with van der Waals surface area (Å²) in [4.78, 5) is 0. The van der Waals surface area contributed by atoms with Gasteiger partial charge < -0.3 is 10.8 Å². The Balaban J connectivity index is 1.97. The molecule has 2 heteroatoms. The predicted octanol–water partition coefficient (Wildman–Crippen LogP) is 4.34. The lowest BCUT2D eigenvalue weighted by Gasteiger charge is -2.20. The van der Waals surface area contributed by atoms with Gasteiger partial charge in [0, 0.05) is 5.69 Å². The van der Waals surface area contributed by atoms with Crippen molar-refractivity contribution in [2.24, 2.45) is 11.8 Å². The second kappa shape index (κ2) is 6.66. The number of hydrogen-bond donors (Lipinski definition) is 2. The number of benzene rings is 2. The van der Waals surface area contributed by atoms with Crippen molar-refractivity contribution >= 4 is 5.69 Å². The molecule has 2 unspecified atom stereocenters. The molecule has 0 bridgehead atoms. The fourth-order valence-corrected chi connectivity index (χ4v) is 2.64. The first-order valence-electron chi connectivity index (χ1n) is 7.58. The normalized spacial score (nSPS) is 13.9. The van der Waals surface area contributed by atoms with E-state index in [1.54, 1.807) is 6.07 Å². The largest absolute Gasteiger partial charge is 0.508 e. The van der Waals surface area contributed by atoms with Crippen molar-refractivity contribution in [3.8, 4) is 5.75 Å². The van der Waals surface area contributed by atoms with Crippen LogP contribution in [-0.4, -0.2) is 5.11 Å². The molecule has 3 N–H and O–H groups in total. The summed E-state index contributed by atoms with van der Waals surface area (Å²) in [6, 6.07) is 14.1. The van der Waals surface area contributed by atoms with Crippen molar-refractivity contribution in [3.05, 3.63) is 59.2 Å². The summed E-state index contributed by atoms with van der Waals surface area (Å²) in [6.07, 6.45) is 2.11. The summed E-state index contributed by atoms with van der Waals surface area (Å²) >= 11 is 0. The van der Waals surface area contributed by atoms with E-state index in [-0.39, 0.29) is 0 Å². The van der Waals surface area contributed by atoms with Crippen LogP contribution in [-0.2, 0) is 12.8 Å². The molecule has 2 atom stereocenters. The number of phenols is 1. The summed E-state index contributed by atoms with van der Waals surface area (Å²) in [7, 11) is 0. The molecule has 0 aromatic heterocycles. The van der Waals surface area contributed by atoms with Gasteiger partial charge in [-0.2, -0.15) is 0 Å². The smallest absolute Gasteiger partial charge is 0.118 e. The molecule has 0 heterocycles. The molecule has 0 aliphatic rings. The maximum Gasteiger partial charge on any atom is 0.118 e. The zero-order chi connectivity index (χ0) is 15.4. The third kappa shape index (κ3) is 4.25. The van der Waals surface area contributed by atoms with Crippen LogP contribution in [0.2, 0.25) is 0 Å². The van der Waals surface area contributed by atoms with Gasteiger partial charge in [0.1, 0.15) is 5.75 Å². The minimum atomic E-state index is 0.376. The second-order valence-corrected chi connectivity index (χ2v) is 6.23. The van der Waals surface area contributed by atoms with Crippen molar-refractivity contribution in [2.75, 3.05) is 5.73 Å². The van der Waals surface area contributed by atoms with E-state index in [4.69, 9.17) is 5.73 Å². The number of nitrogen functional groups attached to an aromatic ring is 1. The molecular formula is C19H25NO. The summed E-state index contributed by atoms with van der Waals surface area (Å²) in [5.74, 6) is 1.57. The predicted molar refractivity (Wildman–Crippen MR) is 89.4 cm³/mol. The lowest BCUT2D eigenvalue weighted by atomic mass is 9.85. The zero-order valence-corrected chi connectivity index (χ0v) is 13.1. The van der Waals surface area contributed by atoms with Crippen LogP contribution >= 0.6 is 0 Å². The summed E-state index contributed by atoms with van der Waals surface area (Å²) in [5.41, 5.74) is 10.1. The average molecular weight is 283 g/mol. The van der Waals surface area contributed by atoms with E-state index in [1.807, 2.05) is 25.1 Å². The van der Waals surface area contributed by atoms with E-state index in [1.165, 1.54) is 11.1 Å². The Labute approximate surface area is 127 Å². The van der Waals surface area contributed by atoms with Gasteiger partial charge in [0.25, 0.3) is 0 Å². The minimum absolute atomic E-state index is 0.376. The summed E-state index contributed by atoms with van der Waals surface area (Å²) < 4.78 is 0. The molecule has 0 aliphatic heterocycles. The van der Waals surface area contributed by atoms with Gasteiger partial charge in [-0.25, -0.2) is 0 Å². The molecule has 2 rings (SSSR count). The third-order valence-corrected chi connectivity index (χ3v) is 4.33. The molecule has 0 radical (unpaired) electrons. The number of aryl methyl sites for hydroxylation is 1. The van der Waals surface area contributed by atoms with Crippen molar-refractivity contribution in [2.45, 2.75) is 33.6 Å². The van der Waals surface area contributed by atoms with Gasteiger partial charge in [0.2, 0.25) is 0 Å². The maximum absolute atomic E-state index is 9.59. The Morgan fingerprint density at radius 3 is 2.00 bits per heavy atom. The van der Waals surface area contributed by atoms with E-state index < -0.39 is 0 Å². The Morgan fingerprint density at radius 2 is 1.43 bits per heavy atom. The quantitative estimate of drug-likeness (QED) is 0.802. The Bertz CT molecular complexity index is 589. The molecular weight excluding hydrogens is 258 g/mol. The van der Waals surface area contributed by atoms with Crippen molar-refractivity contribution in [1.29, 1.82) is 0 Å². The van der Waals surface area contributed by atoms with Crippen LogP contribution in [0.15, 0.2) is 42.5 Å². The van der Waals surface area contributed by atoms with Crippen LogP contribution in [0.5, 0.6) is 5.75 Å². The maximum atomic E-state index is 9.59. The minimum Gasteiger partial charge on any atom is -0.508 e. The number of aromatic hydroxyl groups is 1. The average Bonchev–Trinajstić information content (AvgIpc) is 2.45. The first kappa shape index (κ1) is 15.4. The van der Waals surface area contributed by atoms with E-state index in [0.29, 0.717) is 17.6 Å². The Morgan fingerprint density at radius 1 is 0.905 bits per heavy atom. The molecule has 2 aromatic carbocycles. The van der Waals surface area contributed by atoms with Crippen LogP contribution in [0.25, 0.3) is 0 Å². The SMILES string of the molecule is Cc1cc(CC(C)C(C)Cc2ccc(N)cc2)ccc1O. The van der Waals surface area contributed by atoms with Crippen molar-refractivity contribution in [3.63, 3.8) is 0 Å². The van der Waals surface area contributed by atoms with Crippen molar-refractivity contribution < 1.29 is 5.11 Å². The van der Waals surface area contributed by atoms with Crippen LogP contribution in [0.4, 0.5) is 5.69 Å². The van der Waals surface area contributed by atoms with Gasteiger partial charge in [0.15, 0.2) is 0 Å². The monoisotopic (exact) mass is 283 g/mol. The van der Waals surface area contributed by atoms with Gasteiger partial charge in [-0.15, -0.1) is 0 Å². The molecule has 0 amide bonds. The summed E-state index contributed by atoms with van der Waals surface area (Å²) in [5, 5.41) is 9.59. The highest BCUT2D eigenvalue weighted by Crippen LogP contribution is 2.24.